The van der Waals surface area contributed by atoms with E-state index in [1.807, 2.05) is 0 Å². The lowest BCUT2D eigenvalue weighted by Gasteiger charge is -2.21. The maximum absolute atomic E-state index is 10.6. The molecule has 1 saturated heterocycles. The molecule has 0 aliphatic carbocycles. The van der Waals surface area contributed by atoms with Gasteiger partial charge in [0.25, 0.3) is 0 Å². The van der Waals surface area contributed by atoms with Crippen molar-refractivity contribution >= 4 is 5.78 Å². The van der Waals surface area contributed by atoms with E-state index >= 15 is 0 Å². The number of hydrogen-bond acceptors (Lipinski definition) is 4. The topological polar surface area (TPSA) is 55.8 Å². The summed E-state index contributed by atoms with van der Waals surface area (Å²) in [6.45, 7) is 1.01. The van der Waals surface area contributed by atoms with E-state index in [0.29, 0.717) is 13.2 Å². The second-order valence-electron chi connectivity index (χ2n) is 2.82. The van der Waals surface area contributed by atoms with Gasteiger partial charge < -0.3 is 14.6 Å². The molecule has 0 aromatic rings. The van der Waals surface area contributed by atoms with Gasteiger partial charge in [0, 0.05) is 13.2 Å². The Bertz CT molecular complexity index is 140. The summed E-state index contributed by atoms with van der Waals surface area (Å²) in [5.74, 6) is -0.263. The molecule has 1 aliphatic heterocycles. The highest BCUT2D eigenvalue weighted by Crippen LogP contribution is 2.09. The molecular weight excluding hydrogens is 160 g/mol. The molecule has 1 rings (SSSR count). The Morgan fingerprint density at radius 2 is 2.17 bits per heavy atom. The monoisotopic (exact) mass is 174 g/mol. The van der Waals surface area contributed by atoms with Crippen LogP contribution in [0.25, 0.3) is 0 Å². The van der Waals surface area contributed by atoms with Gasteiger partial charge in [-0.2, -0.15) is 0 Å². The molecule has 12 heavy (non-hydrogen) atoms. The quantitative estimate of drug-likeness (QED) is 0.638. The third-order valence-corrected chi connectivity index (χ3v) is 1.82. The maximum atomic E-state index is 10.6. The predicted octanol–water partition coefficient (Wildman–Crippen LogP) is -0.257. The standard InChI is InChI=1S/C8H14O4/c9-5-7(10)6-12-8-1-3-11-4-2-8/h8-9H,1-6H2. The minimum absolute atomic E-state index is 0.0289. The number of ketones is 1. The molecule has 4 nitrogen and oxygen atoms in total. The fourth-order valence-corrected chi connectivity index (χ4v) is 1.10. The molecule has 0 bridgehead atoms. The molecule has 0 aromatic heterocycles. The van der Waals surface area contributed by atoms with E-state index in [0.717, 1.165) is 12.8 Å². The first-order chi connectivity index (χ1) is 5.83. The van der Waals surface area contributed by atoms with Crippen molar-refractivity contribution in [2.45, 2.75) is 18.9 Å². The molecule has 0 spiro atoms. The van der Waals surface area contributed by atoms with E-state index in [-0.39, 0.29) is 18.5 Å². The Morgan fingerprint density at radius 3 is 2.75 bits per heavy atom. The van der Waals surface area contributed by atoms with Gasteiger partial charge in [-0.3, -0.25) is 4.79 Å². The molecule has 0 amide bonds. The Hall–Kier alpha value is -0.450. The fraction of sp³-hybridized carbons (Fsp3) is 0.875. The number of carbonyl (C=O) groups excluding carboxylic acids is 1. The van der Waals surface area contributed by atoms with Crippen LogP contribution < -0.4 is 0 Å². The summed E-state index contributed by atoms with van der Waals surface area (Å²) in [5, 5.41) is 8.41. The molecule has 1 heterocycles. The van der Waals surface area contributed by atoms with E-state index in [4.69, 9.17) is 14.6 Å². The van der Waals surface area contributed by atoms with Gasteiger partial charge in [-0.25, -0.2) is 0 Å². The summed E-state index contributed by atoms with van der Waals surface area (Å²) in [6.07, 6.45) is 1.83. The molecule has 0 saturated carbocycles. The van der Waals surface area contributed by atoms with Crippen LogP contribution in [0, 0.1) is 0 Å². The van der Waals surface area contributed by atoms with Gasteiger partial charge in [-0.1, -0.05) is 0 Å². The molecule has 0 radical (unpaired) electrons. The number of aliphatic hydroxyl groups is 1. The van der Waals surface area contributed by atoms with Gasteiger partial charge in [0.15, 0.2) is 5.78 Å². The SMILES string of the molecule is O=C(CO)COC1CCOCC1. The summed E-state index contributed by atoms with van der Waals surface area (Å²) in [7, 11) is 0. The van der Waals surface area contributed by atoms with E-state index < -0.39 is 6.61 Å². The maximum Gasteiger partial charge on any atom is 0.183 e. The number of carbonyl (C=O) groups is 1. The van der Waals surface area contributed by atoms with Crippen molar-refractivity contribution in [1.29, 1.82) is 0 Å². The van der Waals surface area contributed by atoms with Crippen LogP contribution in [0.1, 0.15) is 12.8 Å². The number of rotatable bonds is 4. The summed E-state index contributed by atoms with van der Waals surface area (Å²) >= 11 is 0. The third-order valence-electron chi connectivity index (χ3n) is 1.82. The zero-order chi connectivity index (χ0) is 8.81. The summed E-state index contributed by atoms with van der Waals surface area (Å²) in [6, 6.07) is 0. The van der Waals surface area contributed by atoms with E-state index in [9.17, 15) is 4.79 Å². The van der Waals surface area contributed by atoms with Crippen LogP contribution in [0.3, 0.4) is 0 Å². The summed E-state index contributed by atoms with van der Waals surface area (Å²) in [4.78, 5) is 10.6. The van der Waals surface area contributed by atoms with Crippen LogP contribution in [-0.4, -0.2) is 43.4 Å². The van der Waals surface area contributed by atoms with Crippen LogP contribution in [0.5, 0.6) is 0 Å². The highest BCUT2D eigenvalue weighted by Gasteiger charge is 2.14. The Kier molecular flexibility index (Phi) is 4.21. The molecule has 1 N–H and O–H groups in total. The zero-order valence-electron chi connectivity index (χ0n) is 6.99. The Balaban J connectivity index is 2.09. The predicted molar refractivity (Wildman–Crippen MR) is 41.9 cm³/mol. The Morgan fingerprint density at radius 1 is 1.50 bits per heavy atom. The van der Waals surface area contributed by atoms with Crippen LogP contribution in [-0.2, 0) is 14.3 Å². The Labute approximate surface area is 71.5 Å². The van der Waals surface area contributed by atoms with Crippen molar-refractivity contribution in [1.82, 2.24) is 0 Å². The molecule has 0 aromatic carbocycles. The second-order valence-corrected chi connectivity index (χ2v) is 2.82. The minimum Gasteiger partial charge on any atom is -0.388 e. The van der Waals surface area contributed by atoms with E-state index in [1.54, 1.807) is 0 Å². The molecule has 1 aliphatic rings. The average molecular weight is 174 g/mol. The third kappa shape index (κ3) is 3.30. The lowest BCUT2D eigenvalue weighted by atomic mass is 10.1. The van der Waals surface area contributed by atoms with Gasteiger partial charge in [0.2, 0.25) is 0 Å². The van der Waals surface area contributed by atoms with Crippen molar-refractivity contribution in [3.63, 3.8) is 0 Å². The molecule has 0 atom stereocenters. The molecule has 4 heteroatoms. The van der Waals surface area contributed by atoms with Crippen molar-refractivity contribution in [2.24, 2.45) is 0 Å². The molecule has 1 fully saturated rings. The van der Waals surface area contributed by atoms with Crippen LogP contribution in [0.15, 0.2) is 0 Å². The molecular formula is C8H14O4. The second kappa shape index (κ2) is 5.24. The van der Waals surface area contributed by atoms with Gasteiger partial charge in [-0.15, -0.1) is 0 Å². The zero-order valence-corrected chi connectivity index (χ0v) is 6.99. The molecule has 0 unspecified atom stereocenters. The lowest BCUT2D eigenvalue weighted by molar-refractivity contribution is -0.130. The largest absolute Gasteiger partial charge is 0.388 e. The fourth-order valence-electron chi connectivity index (χ4n) is 1.10. The normalized spacial score (nSPS) is 19.4. The van der Waals surface area contributed by atoms with Crippen molar-refractivity contribution in [2.75, 3.05) is 26.4 Å². The van der Waals surface area contributed by atoms with Gasteiger partial charge in [0.05, 0.1) is 6.10 Å². The van der Waals surface area contributed by atoms with Crippen LogP contribution in [0.4, 0.5) is 0 Å². The van der Waals surface area contributed by atoms with Gasteiger partial charge in [-0.05, 0) is 12.8 Å². The first-order valence-electron chi connectivity index (χ1n) is 4.15. The minimum atomic E-state index is -0.427. The smallest absolute Gasteiger partial charge is 0.183 e. The summed E-state index contributed by atoms with van der Waals surface area (Å²) < 4.78 is 10.4. The van der Waals surface area contributed by atoms with Crippen LogP contribution >= 0.6 is 0 Å². The molecule has 70 valence electrons. The highest BCUT2D eigenvalue weighted by atomic mass is 16.5. The first kappa shape index (κ1) is 9.64. The number of ether oxygens (including phenoxy) is 2. The highest BCUT2D eigenvalue weighted by molar-refractivity contribution is 5.80. The van der Waals surface area contributed by atoms with Crippen molar-refractivity contribution in [3.05, 3.63) is 0 Å². The number of hydrogen-bond donors (Lipinski definition) is 1. The first-order valence-corrected chi connectivity index (χ1v) is 4.15. The lowest BCUT2D eigenvalue weighted by Crippen LogP contribution is -2.26. The van der Waals surface area contributed by atoms with Crippen LogP contribution in [0.2, 0.25) is 0 Å². The van der Waals surface area contributed by atoms with E-state index in [2.05, 4.69) is 0 Å². The number of Topliss-reactive ketones (excluding diaryl/α,β-unsaturated/α-hetero) is 1. The van der Waals surface area contributed by atoms with Gasteiger partial charge >= 0.3 is 0 Å². The van der Waals surface area contributed by atoms with Crippen molar-refractivity contribution < 1.29 is 19.4 Å². The average Bonchev–Trinajstić information content (AvgIpc) is 2.16. The van der Waals surface area contributed by atoms with E-state index in [1.165, 1.54) is 0 Å². The van der Waals surface area contributed by atoms with Gasteiger partial charge in [0.1, 0.15) is 13.2 Å². The number of aliphatic hydroxyl groups excluding tert-OH is 1. The van der Waals surface area contributed by atoms with Crippen molar-refractivity contribution in [3.8, 4) is 0 Å². The summed E-state index contributed by atoms with van der Waals surface area (Å²) in [5.41, 5.74) is 0.